The van der Waals surface area contributed by atoms with Crippen LogP contribution in [0.5, 0.6) is 5.75 Å². The van der Waals surface area contributed by atoms with E-state index in [1.807, 2.05) is 48.5 Å². The van der Waals surface area contributed by atoms with Crippen LogP contribution in [-0.2, 0) is 15.3 Å². The van der Waals surface area contributed by atoms with Crippen LogP contribution in [0.25, 0.3) is 16.5 Å². The van der Waals surface area contributed by atoms with Crippen LogP contribution in [0.4, 0.5) is 5.13 Å². The van der Waals surface area contributed by atoms with Gasteiger partial charge >= 0.3 is 5.91 Å². The quantitative estimate of drug-likeness (QED) is 0.0433. The second kappa shape index (κ2) is 12.8. The molecule has 0 radical (unpaired) electrons. The Morgan fingerprint density at radius 1 is 0.953 bits per heavy atom. The first-order valence-electron chi connectivity index (χ1n) is 14.1. The second-order valence-electron chi connectivity index (χ2n) is 10.1. The monoisotopic (exact) mass is 607 g/mol. The number of hydrogen-bond donors (Lipinski definition) is 1. The highest BCUT2D eigenvalue weighted by Crippen LogP contribution is 2.44. The number of rotatable bonds is 10. The van der Waals surface area contributed by atoms with Gasteiger partial charge in [-0.2, -0.15) is 0 Å². The fourth-order valence-corrected chi connectivity index (χ4v) is 6.99. The van der Waals surface area contributed by atoms with Crippen molar-refractivity contribution in [2.75, 3.05) is 11.5 Å². The molecular formula is C34H29N3O4S2. The highest BCUT2D eigenvalue weighted by molar-refractivity contribution is 8.00. The molecule has 0 saturated carbocycles. The predicted molar refractivity (Wildman–Crippen MR) is 171 cm³/mol. The van der Waals surface area contributed by atoms with E-state index in [2.05, 4.69) is 41.4 Å². The number of aliphatic hydroxyl groups is 1. The number of amides is 1. The Hall–Kier alpha value is -4.47. The lowest BCUT2D eigenvalue weighted by atomic mass is 9.95. The number of hydrogen-bond acceptors (Lipinski definition) is 8. The number of fused-ring (bicyclic) bond motifs is 1. The number of ketones is 1. The third-order valence-corrected chi connectivity index (χ3v) is 9.37. The Labute approximate surface area is 257 Å². The van der Waals surface area contributed by atoms with Gasteiger partial charge in [-0.25, -0.2) is 0 Å². The first kappa shape index (κ1) is 28.6. The summed E-state index contributed by atoms with van der Waals surface area (Å²) in [5.74, 6) is -0.479. The number of anilines is 1. The van der Waals surface area contributed by atoms with Crippen LogP contribution in [-0.4, -0.2) is 33.6 Å². The Kier molecular flexibility index (Phi) is 8.53. The molecule has 0 aliphatic carbocycles. The molecule has 1 atom stereocenters. The number of carbonyl (C=O) groups is 2. The van der Waals surface area contributed by atoms with Crippen molar-refractivity contribution in [3.63, 3.8) is 0 Å². The number of aliphatic hydroxyl groups excluding tert-OH is 1. The first-order valence-corrected chi connectivity index (χ1v) is 15.9. The highest BCUT2D eigenvalue weighted by atomic mass is 32.2. The maximum Gasteiger partial charge on any atom is 0.301 e. The number of unbranched alkanes of at least 4 members (excludes halogenated alkanes) is 1. The summed E-state index contributed by atoms with van der Waals surface area (Å²) >= 11 is 2.77. The normalized spacial score (nSPS) is 16.2. The van der Waals surface area contributed by atoms with Gasteiger partial charge in [-0.1, -0.05) is 121 Å². The smallest absolute Gasteiger partial charge is 0.301 e. The van der Waals surface area contributed by atoms with E-state index in [1.54, 1.807) is 24.3 Å². The summed E-state index contributed by atoms with van der Waals surface area (Å²) < 4.78 is 6.60. The van der Waals surface area contributed by atoms with E-state index in [1.165, 1.54) is 44.3 Å². The number of carbonyl (C=O) groups excluding carboxylic acids is 2. The second-order valence-corrected chi connectivity index (χ2v) is 12.3. The Morgan fingerprint density at radius 2 is 1.72 bits per heavy atom. The number of thioether (sulfide) groups is 1. The van der Waals surface area contributed by atoms with Crippen molar-refractivity contribution in [3.05, 3.63) is 119 Å². The molecule has 1 aliphatic rings. The zero-order chi connectivity index (χ0) is 29.8. The SMILES string of the molecule is CCCCOc1cccc(C2C(=C(O)c3ccccc3)C(=O)C(=O)N2c2nnc(SCc3cccc4ccccc34)s2)c1. The van der Waals surface area contributed by atoms with Crippen molar-refractivity contribution in [2.24, 2.45) is 0 Å². The summed E-state index contributed by atoms with van der Waals surface area (Å²) in [5.41, 5.74) is 2.25. The third-order valence-electron chi connectivity index (χ3n) is 7.27. The average Bonchev–Trinajstić information content (AvgIpc) is 3.62. The van der Waals surface area contributed by atoms with Crippen molar-refractivity contribution in [1.82, 2.24) is 10.2 Å². The number of Topliss-reactive ketones (excluding diaryl/α,β-unsaturated/α-hetero) is 1. The standard InChI is InChI=1S/C34H29N3O4S2/c1-2-3-19-41-26-17-10-15-24(20-26)29-28(30(38)23-12-5-4-6-13-23)31(39)32(40)37(29)33-35-36-34(43-33)42-21-25-16-9-14-22-11-7-8-18-27(22)25/h4-18,20,29,38H,2-3,19,21H2,1H3. The Bertz CT molecular complexity index is 1810. The molecule has 1 amide bonds. The molecule has 6 rings (SSSR count). The molecule has 1 aliphatic heterocycles. The summed E-state index contributed by atoms with van der Waals surface area (Å²) in [5, 5.41) is 22.7. The van der Waals surface area contributed by atoms with Crippen molar-refractivity contribution < 1.29 is 19.4 Å². The van der Waals surface area contributed by atoms with Crippen molar-refractivity contribution in [3.8, 4) is 5.75 Å². The largest absolute Gasteiger partial charge is 0.507 e. The van der Waals surface area contributed by atoms with Crippen LogP contribution < -0.4 is 9.64 Å². The van der Waals surface area contributed by atoms with E-state index in [4.69, 9.17) is 4.74 Å². The molecule has 5 aromatic rings. The highest BCUT2D eigenvalue weighted by Gasteiger charge is 2.48. The lowest BCUT2D eigenvalue weighted by molar-refractivity contribution is -0.132. The van der Waals surface area contributed by atoms with E-state index in [0.29, 0.717) is 33.6 Å². The molecule has 1 saturated heterocycles. The van der Waals surface area contributed by atoms with E-state index in [-0.39, 0.29) is 16.5 Å². The van der Waals surface area contributed by atoms with Gasteiger partial charge in [0, 0.05) is 11.3 Å². The van der Waals surface area contributed by atoms with Gasteiger partial charge in [0.1, 0.15) is 11.5 Å². The molecular weight excluding hydrogens is 579 g/mol. The summed E-state index contributed by atoms with van der Waals surface area (Å²) in [6, 6.07) is 29.6. The lowest BCUT2D eigenvalue weighted by Gasteiger charge is -2.23. The molecule has 1 aromatic heterocycles. The van der Waals surface area contributed by atoms with Gasteiger partial charge in [-0.15, -0.1) is 10.2 Å². The number of benzene rings is 4. The van der Waals surface area contributed by atoms with Crippen molar-refractivity contribution >= 4 is 56.5 Å². The van der Waals surface area contributed by atoms with Gasteiger partial charge in [0.05, 0.1) is 18.2 Å². The van der Waals surface area contributed by atoms with Crippen LogP contribution in [0.1, 0.15) is 42.5 Å². The van der Waals surface area contributed by atoms with Gasteiger partial charge < -0.3 is 9.84 Å². The van der Waals surface area contributed by atoms with Gasteiger partial charge in [0.15, 0.2) is 4.34 Å². The number of aromatic nitrogens is 2. The third kappa shape index (κ3) is 5.91. The van der Waals surface area contributed by atoms with Gasteiger partial charge in [-0.3, -0.25) is 14.5 Å². The van der Waals surface area contributed by atoms with Crippen LogP contribution in [0.3, 0.4) is 0 Å². The molecule has 1 fully saturated rings. The lowest BCUT2D eigenvalue weighted by Crippen LogP contribution is -2.29. The van der Waals surface area contributed by atoms with Gasteiger partial charge in [0.25, 0.3) is 5.78 Å². The van der Waals surface area contributed by atoms with Gasteiger partial charge in [-0.05, 0) is 40.5 Å². The van der Waals surface area contributed by atoms with Crippen LogP contribution in [0.2, 0.25) is 0 Å². The Balaban J connectivity index is 1.36. The number of ether oxygens (including phenoxy) is 1. The first-order chi connectivity index (χ1) is 21.0. The molecule has 2 heterocycles. The molecule has 216 valence electrons. The van der Waals surface area contributed by atoms with E-state index in [0.717, 1.165) is 12.8 Å². The maximum atomic E-state index is 13.6. The molecule has 1 N–H and O–H groups in total. The van der Waals surface area contributed by atoms with Crippen LogP contribution >= 0.6 is 23.1 Å². The molecule has 9 heteroatoms. The van der Waals surface area contributed by atoms with Crippen molar-refractivity contribution in [2.45, 2.75) is 35.9 Å². The Morgan fingerprint density at radius 3 is 2.56 bits per heavy atom. The van der Waals surface area contributed by atoms with Crippen LogP contribution in [0.15, 0.2) is 107 Å². The predicted octanol–water partition coefficient (Wildman–Crippen LogP) is 7.79. The fourth-order valence-electron chi connectivity index (χ4n) is 5.12. The van der Waals surface area contributed by atoms with Crippen LogP contribution in [0, 0.1) is 0 Å². The van der Waals surface area contributed by atoms with E-state index in [9.17, 15) is 14.7 Å². The molecule has 0 bridgehead atoms. The van der Waals surface area contributed by atoms with Gasteiger partial charge in [0.2, 0.25) is 5.13 Å². The molecule has 0 spiro atoms. The minimum Gasteiger partial charge on any atom is -0.507 e. The molecule has 4 aromatic carbocycles. The summed E-state index contributed by atoms with van der Waals surface area (Å²) in [7, 11) is 0. The summed E-state index contributed by atoms with van der Waals surface area (Å²) in [4.78, 5) is 28.5. The fraction of sp³-hybridized carbons (Fsp3) is 0.176. The maximum absolute atomic E-state index is 13.6. The molecule has 7 nitrogen and oxygen atoms in total. The minimum absolute atomic E-state index is 0.00191. The number of nitrogens with zero attached hydrogens (tertiary/aromatic N) is 3. The zero-order valence-corrected chi connectivity index (χ0v) is 25.1. The summed E-state index contributed by atoms with van der Waals surface area (Å²) in [6.07, 6.45) is 1.90. The minimum atomic E-state index is -0.904. The average molecular weight is 608 g/mol. The molecule has 43 heavy (non-hydrogen) atoms. The topological polar surface area (TPSA) is 92.6 Å². The molecule has 1 unspecified atom stereocenters. The van der Waals surface area contributed by atoms with Crippen molar-refractivity contribution in [1.29, 1.82) is 0 Å². The van der Waals surface area contributed by atoms with E-state index >= 15 is 0 Å². The van der Waals surface area contributed by atoms with E-state index < -0.39 is 17.7 Å². The zero-order valence-electron chi connectivity index (χ0n) is 23.5. The summed E-state index contributed by atoms with van der Waals surface area (Å²) in [6.45, 7) is 2.64.